The van der Waals surface area contributed by atoms with E-state index in [0.29, 0.717) is 19.4 Å². The van der Waals surface area contributed by atoms with E-state index in [1.165, 1.54) is 4.90 Å². The molecular formula is C14H25N3O4S. The standard InChI is InChI=1S/C14H25N3O4S/c1-16(2)6-5-15-13(18)11-8-12(11)14(19)17(3)10-4-7-22(20,21)9-10/h10-12H,4-9H2,1-3H3,(H,15,18). The van der Waals surface area contributed by atoms with Gasteiger partial charge in [-0.05, 0) is 26.9 Å². The van der Waals surface area contributed by atoms with Crippen molar-refractivity contribution >= 4 is 21.7 Å². The molecule has 0 spiro atoms. The first-order valence-electron chi connectivity index (χ1n) is 7.61. The topological polar surface area (TPSA) is 86.8 Å². The zero-order valence-electron chi connectivity index (χ0n) is 13.4. The van der Waals surface area contributed by atoms with Gasteiger partial charge in [-0.25, -0.2) is 8.42 Å². The molecule has 0 bridgehead atoms. The zero-order chi connectivity index (χ0) is 16.5. The second-order valence-corrected chi connectivity index (χ2v) is 8.78. The molecule has 1 N–H and O–H groups in total. The molecule has 0 aromatic carbocycles. The van der Waals surface area contributed by atoms with Gasteiger partial charge in [-0.2, -0.15) is 0 Å². The maximum Gasteiger partial charge on any atom is 0.226 e. The fraction of sp³-hybridized carbons (Fsp3) is 0.857. The molecule has 2 rings (SSSR count). The number of carbonyl (C=O) groups excluding carboxylic acids is 2. The third kappa shape index (κ3) is 4.19. The molecule has 2 amide bonds. The van der Waals surface area contributed by atoms with Crippen LogP contribution < -0.4 is 5.32 Å². The minimum Gasteiger partial charge on any atom is -0.355 e. The average molecular weight is 331 g/mol. The van der Waals surface area contributed by atoms with Gasteiger partial charge in [0.25, 0.3) is 0 Å². The Labute approximate surface area is 131 Å². The molecule has 3 atom stereocenters. The van der Waals surface area contributed by atoms with Crippen LogP contribution >= 0.6 is 0 Å². The summed E-state index contributed by atoms with van der Waals surface area (Å²) in [5.41, 5.74) is 0. The second-order valence-electron chi connectivity index (χ2n) is 6.55. The lowest BCUT2D eigenvalue weighted by molar-refractivity contribution is -0.135. The van der Waals surface area contributed by atoms with Gasteiger partial charge in [-0.3, -0.25) is 9.59 Å². The van der Waals surface area contributed by atoms with Crippen LogP contribution in [0.2, 0.25) is 0 Å². The van der Waals surface area contributed by atoms with E-state index in [4.69, 9.17) is 0 Å². The van der Waals surface area contributed by atoms with Crippen LogP contribution in [-0.2, 0) is 19.4 Å². The molecule has 1 saturated carbocycles. The highest BCUT2D eigenvalue weighted by Crippen LogP contribution is 2.40. The monoisotopic (exact) mass is 331 g/mol. The molecule has 1 saturated heterocycles. The van der Waals surface area contributed by atoms with Gasteiger partial charge in [-0.1, -0.05) is 0 Å². The summed E-state index contributed by atoms with van der Waals surface area (Å²) in [6.07, 6.45) is 1.06. The van der Waals surface area contributed by atoms with Crippen molar-refractivity contribution < 1.29 is 18.0 Å². The van der Waals surface area contributed by atoms with Crippen molar-refractivity contribution in [1.82, 2.24) is 15.1 Å². The van der Waals surface area contributed by atoms with Crippen molar-refractivity contribution in [3.63, 3.8) is 0 Å². The molecule has 1 aliphatic heterocycles. The van der Waals surface area contributed by atoms with E-state index in [1.54, 1.807) is 7.05 Å². The highest BCUT2D eigenvalue weighted by Gasteiger charge is 2.50. The number of nitrogens with one attached hydrogen (secondary N) is 1. The number of carbonyl (C=O) groups is 2. The number of rotatable bonds is 6. The molecule has 7 nitrogen and oxygen atoms in total. The highest BCUT2D eigenvalue weighted by atomic mass is 32.2. The second kappa shape index (κ2) is 6.54. The Morgan fingerprint density at radius 1 is 1.18 bits per heavy atom. The number of hydrogen-bond acceptors (Lipinski definition) is 5. The van der Waals surface area contributed by atoms with E-state index < -0.39 is 9.84 Å². The molecule has 0 aromatic heterocycles. The van der Waals surface area contributed by atoms with E-state index in [-0.39, 0.29) is 41.2 Å². The Hall–Kier alpha value is -1.15. The fourth-order valence-corrected chi connectivity index (χ4v) is 4.59. The highest BCUT2D eigenvalue weighted by molar-refractivity contribution is 7.91. The van der Waals surface area contributed by atoms with Crippen LogP contribution in [0.1, 0.15) is 12.8 Å². The van der Waals surface area contributed by atoms with E-state index in [0.717, 1.165) is 6.54 Å². The molecule has 22 heavy (non-hydrogen) atoms. The van der Waals surface area contributed by atoms with E-state index in [2.05, 4.69) is 5.32 Å². The molecule has 0 radical (unpaired) electrons. The van der Waals surface area contributed by atoms with Gasteiger partial charge in [0.05, 0.1) is 23.3 Å². The first-order chi connectivity index (χ1) is 10.2. The lowest BCUT2D eigenvalue weighted by Gasteiger charge is -2.23. The smallest absolute Gasteiger partial charge is 0.226 e. The number of likely N-dealkylation sites (N-methyl/N-ethyl adjacent to an activating group) is 1. The minimum absolute atomic E-state index is 0.0433. The summed E-state index contributed by atoms with van der Waals surface area (Å²) in [5.74, 6) is -0.527. The van der Waals surface area contributed by atoms with Crippen LogP contribution in [0.15, 0.2) is 0 Å². The van der Waals surface area contributed by atoms with Crippen LogP contribution in [0.4, 0.5) is 0 Å². The van der Waals surface area contributed by atoms with Crippen molar-refractivity contribution in [3.8, 4) is 0 Å². The summed E-state index contributed by atoms with van der Waals surface area (Å²) in [7, 11) is 2.50. The van der Waals surface area contributed by atoms with Gasteiger partial charge < -0.3 is 15.1 Å². The molecule has 1 aliphatic carbocycles. The summed E-state index contributed by atoms with van der Waals surface area (Å²) in [5, 5.41) is 2.84. The van der Waals surface area contributed by atoms with Crippen molar-refractivity contribution in [3.05, 3.63) is 0 Å². The first kappa shape index (κ1) is 17.2. The Balaban J connectivity index is 1.79. The summed E-state index contributed by atoms with van der Waals surface area (Å²) in [4.78, 5) is 27.8. The minimum atomic E-state index is -3.01. The van der Waals surface area contributed by atoms with Crippen molar-refractivity contribution in [2.24, 2.45) is 11.8 Å². The number of nitrogens with zero attached hydrogens (tertiary/aromatic N) is 2. The number of sulfone groups is 1. The lowest BCUT2D eigenvalue weighted by atomic mass is 10.2. The van der Waals surface area contributed by atoms with Gasteiger partial charge in [-0.15, -0.1) is 0 Å². The Morgan fingerprint density at radius 2 is 1.86 bits per heavy atom. The molecule has 2 fully saturated rings. The largest absolute Gasteiger partial charge is 0.355 e. The van der Waals surface area contributed by atoms with Gasteiger partial charge in [0.15, 0.2) is 9.84 Å². The van der Waals surface area contributed by atoms with Crippen LogP contribution in [0.5, 0.6) is 0 Å². The van der Waals surface area contributed by atoms with E-state index >= 15 is 0 Å². The molecule has 3 unspecified atom stereocenters. The predicted molar refractivity (Wildman–Crippen MR) is 83.0 cm³/mol. The number of amides is 2. The Bertz CT molecular complexity index is 546. The van der Waals surface area contributed by atoms with Gasteiger partial charge in [0, 0.05) is 26.2 Å². The van der Waals surface area contributed by atoms with Crippen LogP contribution in [-0.4, -0.2) is 81.8 Å². The quantitative estimate of drug-likeness (QED) is 0.671. The molecule has 8 heteroatoms. The van der Waals surface area contributed by atoms with E-state index in [1.807, 2.05) is 19.0 Å². The Morgan fingerprint density at radius 3 is 2.41 bits per heavy atom. The summed E-state index contributed by atoms with van der Waals surface area (Å²) < 4.78 is 23.0. The zero-order valence-corrected chi connectivity index (χ0v) is 14.2. The molecule has 2 aliphatic rings. The number of hydrogen-bond donors (Lipinski definition) is 1. The molecular weight excluding hydrogens is 306 g/mol. The fourth-order valence-electron chi connectivity index (χ4n) is 2.81. The summed E-state index contributed by atoms with van der Waals surface area (Å²) in [6, 6.07) is -0.240. The van der Waals surface area contributed by atoms with Crippen LogP contribution in [0, 0.1) is 11.8 Å². The Kier molecular flexibility index (Phi) is 5.11. The third-order valence-corrected chi connectivity index (χ3v) is 6.16. The summed E-state index contributed by atoms with van der Waals surface area (Å²) in [6.45, 7) is 1.33. The van der Waals surface area contributed by atoms with Crippen molar-refractivity contribution in [2.75, 3.05) is 45.7 Å². The molecule has 1 heterocycles. The summed E-state index contributed by atoms with van der Waals surface area (Å²) >= 11 is 0. The van der Waals surface area contributed by atoms with Crippen LogP contribution in [0.25, 0.3) is 0 Å². The normalized spacial score (nSPS) is 29.4. The maximum atomic E-state index is 12.3. The third-order valence-electron chi connectivity index (χ3n) is 4.41. The van der Waals surface area contributed by atoms with Gasteiger partial charge in [0.1, 0.15) is 0 Å². The SMILES string of the molecule is CN(C)CCNC(=O)C1CC1C(=O)N(C)C1CCS(=O)(=O)C1. The predicted octanol–water partition coefficient (Wildman–Crippen LogP) is -1.05. The van der Waals surface area contributed by atoms with Crippen molar-refractivity contribution in [1.29, 1.82) is 0 Å². The molecule has 0 aromatic rings. The lowest BCUT2D eigenvalue weighted by Crippen LogP contribution is -2.40. The van der Waals surface area contributed by atoms with Gasteiger partial charge >= 0.3 is 0 Å². The van der Waals surface area contributed by atoms with Crippen molar-refractivity contribution in [2.45, 2.75) is 18.9 Å². The maximum absolute atomic E-state index is 12.3. The first-order valence-corrected chi connectivity index (χ1v) is 9.43. The average Bonchev–Trinajstić information content (AvgIpc) is 3.14. The molecule has 126 valence electrons. The van der Waals surface area contributed by atoms with E-state index in [9.17, 15) is 18.0 Å². The van der Waals surface area contributed by atoms with Crippen LogP contribution in [0.3, 0.4) is 0 Å². The van der Waals surface area contributed by atoms with Gasteiger partial charge in [0.2, 0.25) is 11.8 Å².